The first-order valence-electron chi connectivity index (χ1n) is 8.84. The van der Waals surface area contributed by atoms with Crippen molar-refractivity contribution in [2.75, 3.05) is 4.90 Å². The number of amides is 2. The summed E-state index contributed by atoms with van der Waals surface area (Å²) in [4.78, 5) is 29.3. The molecule has 144 valence electrons. The van der Waals surface area contributed by atoms with E-state index in [1.165, 1.54) is 16.7 Å². The molecule has 4 rings (SSSR count). The molecule has 0 radical (unpaired) electrons. The fourth-order valence-corrected chi connectivity index (χ4v) is 4.54. The summed E-state index contributed by atoms with van der Waals surface area (Å²) in [5.41, 5.74) is 2.30. The number of benzene rings is 3. The predicted octanol–water partition coefficient (Wildman–Crippen LogP) is 6.38. The molecule has 0 saturated carbocycles. The number of hydrogen-bond acceptors (Lipinski definition) is 3. The van der Waals surface area contributed by atoms with Gasteiger partial charge in [-0.25, -0.2) is 4.90 Å². The van der Waals surface area contributed by atoms with Crippen LogP contribution in [0.2, 0.25) is 10.0 Å². The van der Waals surface area contributed by atoms with Crippen LogP contribution in [0.25, 0.3) is 5.57 Å². The average molecular weight is 440 g/mol. The quantitative estimate of drug-likeness (QED) is 0.442. The lowest BCUT2D eigenvalue weighted by Gasteiger charge is -2.18. The van der Waals surface area contributed by atoms with Crippen molar-refractivity contribution in [3.05, 3.63) is 98.9 Å². The van der Waals surface area contributed by atoms with Gasteiger partial charge in [0.05, 0.1) is 16.2 Å². The van der Waals surface area contributed by atoms with Gasteiger partial charge in [-0.3, -0.25) is 9.59 Å². The molecule has 3 aromatic rings. The number of nitrogens with zero attached hydrogens (tertiary/aromatic N) is 1. The zero-order chi connectivity index (χ0) is 20.5. The van der Waals surface area contributed by atoms with Crippen LogP contribution in [0.4, 0.5) is 5.69 Å². The maximum absolute atomic E-state index is 13.4. The minimum atomic E-state index is -0.360. The minimum absolute atomic E-state index is 0.348. The third-order valence-corrected chi connectivity index (χ3v) is 6.11. The molecular formula is C23H15Cl2NO2S. The Bertz CT molecular complexity index is 1140. The highest BCUT2D eigenvalue weighted by molar-refractivity contribution is 8.04. The van der Waals surface area contributed by atoms with E-state index in [9.17, 15) is 9.59 Å². The number of carbonyl (C=O) groups excluding carboxylic acids is 2. The molecule has 1 aliphatic heterocycles. The van der Waals surface area contributed by atoms with Crippen molar-refractivity contribution < 1.29 is 9.59 Å². The molecule has 1 aliphatic rings. The summed E-state index contributed by atoms with van der Waals surface area (Å²) in [7, 11) is 0. The first kappa shape index (κ1) is 19.8. The molecule has 0 saturated heterocycles. The van der Waals surface area contributed by atoms with Crippen LogP contribution in [0.15, 0.2) is 82.6 Å². The van der Waals surface area contributed by atoms with Crippen LogP contribution < -0.4 is 4.90 Å². The molecule has 0 spiro atoms. The number of imide groups is 1. The van der Waals surface area contributed by atoms with Crippen molar-refractivity contribution in [1.29, 1.82) is 0 Å². The number of rotatable bonds is 4. The minimum Gasteiger partial charge on any atom is -0.268 e. The number of thioether (sulfide) groups is 1. The van der Waals surface area contributed by atoms with Crippen molar-refractivity contribution in [2.45, 2.75) is 11.8 Å². The van der Waals surface area contributed by atoms with Gasteiger partial charge >= 0.3 is 0 Å². The monoisotopic (exact) mass is 439 g/mol. The van der Waals surface area contributed by atoms with Gasteiger partial charge in [0.1, 0.15) is 0 Å². The molecule has 0 bridgehead atoms. The maximum Gasteiger partial charge on any atom is 0.272 e. The lowest BCUT2D eigenvalue weighted by atomic mass is 10.1. The second kappa shape index (κ2) is 8.07. The number of aryl methyl sites for hydroxylation is 1. The molecule has 2 amide bonds. The molecule has 0 N–H and O–H groups in total. The summed E-state index contributed by atoms with van der Waals surface area (Å²) in [5.74, 6) is -0.708. The summed E-state index contributed by atoms with van der Waals surface area (Å²) in [6.07, 6.45) is 0. The zero-order valence-electron chi connectivity index (χ0n) is 15.4. The molecule has 3 nitrogen and oxygen atoms in total. The van der Waals surface area contributed by atoms with Gasteiger partial charge in [-0.15, -0.1) is 0 Å². The van der Waals surface area contributed by atoms with Crippen molar-refractivity contribution in [3.63, 3.8) is 0 Å². The van der Waals surface area contributed by atoms with Gasteiger partial charge in [0.2, 0.25) is 0 Å². The fraction of sp³-hybridized carbons (Fsp3) is 0.0435. The van der Waals surface area contributed by atoms with Crippen LogP contribution in [0, 0.1) is 6.92 Å². The third kappa shape index (κ3) is 3.84. The van der Waals surface area contributed by atoms with Crippen LogP contribution in [0.1, 0.15) is 11.1 Å². The molecule has 0 unspecified atom stereocenters. The Hall–Kier alpha value is -2.53. The van der Waals surface area contributed by atoms with E-state index in [4.69, 9.17) is 23.2 Å². The smallest absolute Gasteiger partial charge is 0.268 e. The maximum atomic E-state index is 13.4. The van der Waals surface area contributed by atoms with Crippen molar-refractivity contribution >= 4 is 58.0 Å². The van der Waals surface area contributed by atoms with Gasteiger partial charge in [-0.05, 0) is 60.5 Å². The van der Waals surface area contributed by atoms with Gasteiger partial charge in [-0.2, -0.15) is 0 Å². The Kier molecular flexibility index (Phi) is 5.50. The lowest BCUT2D eigenvalue weighted by molar-refractivity contribution is -0.119. The van der Waals surface area contributed by atoms with Crippen LogP contribution in [-0.4, -0.2) is 11.8 Å². The summed E-state index contributed by atoms with van der Waals surface area (Å²) in [6.45, 7) is 1.83. The predicted molar refractivity (Wildman–Crippen MR) is 119 cm³/mol. The number of hydrogen-bond donors (Lipinski definition) is 0. The summed E-state index contributed by atoms with van der Waals surface area (Å²) >= 11 is 13.4. The zero-order valence-corrected chi connectivity index (χ0v) is 17.7. The van der Waals surface area contributed by atoms with Gasteiger partial charge in [0.15, 0.2) is 0 Å². The summed E-state index contributed by atoms with van der Waals surface area (Å²) in [6, 6.07) is 21.6. The van der Waals surface area contributed by atoms with E-state index in [2.05, 4.69) is 0 Å². The highest BCUT2D eigenvalue weighted by atomic mass is 35.5. The lowest BCUT2D eigenvalue weighted by Crippen LogP contribution is -2.31. The second-order valence-electron chi connectivity index (χ2n) is 6.50. The molecule has 29 heavy (non-hydrogen) atoms. The Morgan fingerprint density at radius 1 is 0.793 bits per heavy atom. The molecule has 1 heterocycles. The number of anilines is 1. The Morgan fingerprint density at radius 3 is 2.10 bits per heavy atom. The Labute approximate surface area is 182 Å². The van der Waals surface area contributed by atoms with E-state index in [1.807, 2.05) is 37.3 Å². The number of halogens is 2. The van der Waals surface area contributed by atoms with Crippen LogP contribution in [0.5, 0.6) is 0 Å². The molecular weight excluding hydrogens is 425 g/mol. The Morgan fingerprint density at radius 2 is 1.45 bits per heavy atom. The van der Waals surface area contributed by atoms with Gasteiger partial charge in [-0.1, -0.05) is 65.3 Å². The number of carbonyl (C=O) groups is 2. The standard InChI is InChI=1S/C23H15Cl2NO2S/c1-14-13-17(25)11-12-19(14)26-22(27)20(15-7-9-16(24)10-8-15)21(23(26)28)29-18-5-3-2-4-6-18/h2-13H,1H3. The fourth-order valence-electron chi connectivity index (χ4n) is 3.17. The van der Waals surface area contributed by atoms with E-state index in [1.54, 1.807) is 42.5 Å². The normalized spacial score (nSPS) is 14.1. The molecule has 6 heteroatoms. The van der Waals surface area contributed by atoms with Gasteiger partial charge in [0, 0.05) is 14.9 Å². The van der Waals surface area contributed by atoms with E-state index in [0.29, 0.717) is 31.8 Å². The molecule has 0 aliphatic carbocycles. The van der Waals surface area contributed by atoms with Crippen molar-refractivity contribution in [2.24, 2.45) is 0 Å². The highest BCUT2D eigenvalue weighted by Crippen LogP contribution is 2.42. The SMILES string of the molecule is Cc1cc(Cl)ccc1N1C(=O)C(Sc2ccccc2)=C(c2ccc(Cl)cc2)C1=O. The van der Waals surface area contributed by atoms with Crippen LogP contribution in [-0.2, 0) is 9.59 Å². The largest absolute Gasteiger partial charge is 0.272 e. The van der Waals surface area contributed by atoms with E-state index < -0.39 is 0 Å². The molecule has 0 aromatic heterocycles. The van der Waals surface area contributed by atoms with Gasteiger partial charge in [0.25, 0.3) is 11.8 Å². The van der Waals surface area contributed by atoms with Crippen molar-refractivity contribution in [3.8, 4) is 0 Å². The third-order valence-electron chi connectivity index (χ3n) is 4.54. The molecule has 3 aromatic carbocycles. The van der Waals surface area contributed by atoms with E-state index in [0.717, 1.165) is 10.5 Å². The Balaban J connectivity index is 1.84. The summed E-state index contributed by atoms with van der Waals surface area (Å²) in [5, 5.41) is 1.11. The average Bonchev–Trinajstić information content (AvgIpc) is 2.94. The van der Waals surface area contributed by atoms with E-state index >= 15 is 0 Å². The first-order valence-corrected chi connectivity index (χ1v) is 10.4. The molecule has 0 fully saturated rings. The summed E-state index contributed by atoms with van der Waals surface area (Å²) < 4.78 is 0. The van der Waals surface area contributed by atoms with Gasteiger partial charge < -0.3 is 0 Å². The van der Waals surface area contributed by atoms with Crippen LogP contribution >= 0.6 is 35.0 Å². The highest BCUT2D eigenvalue weighted by Gasteiger charge is 2.41. The van der Waals surface area contributed by atoms with E-state index in [-0.39, 0.29) is 11.8 Å². The topological polar surface area (TPSA) is 37.4 Å². The second-order valence-corrected chi connectivity index (χ2v) is 8.46. The van der Waals surface area contributed by atoms with Crippen LogP contribution in [0.3, 0.4) is 0 Å². The first-order chi connectivity index (χ1) is 14.0. The molecule has 0 atom stereocenters. The van der Waals surface area contributed by atoms with Crippen molar-refractivity contribution in [1.82, 2.24) is 0 Å².